The van der Waals surface area contributed by atoms with Crippen LogP contribution in [0.3, 0.4) is 0 Å². The van der Waals surface area contributed by atoms with Gasteiger partial charge in [-0.3, -0.25) is 9.59 Å². The molecule has 2 amide bonds. The van der Waals surface area contributed by atoms with Gasteiger partial charge >= 0.3 is 0 Å². The zero-order valence-electron chi connectivity index (χ0n) is 18.7. The van der Waals surface area contributed by atoms with Gasteiger partial charge in [0, 0.05) is 12.6 Å². The first-order chi connectivity index (χ1) is 15.1. The Balaban J connectivity index is 1.42. The number of benzene rings is 2. The van der Waals surface area contributed by atoms with Crippen molar-refractivity contribution >= 4 is 33.2 Å². The average molecular weight is 457 g/mol. The summed E-state index contributed by atoms with van der Waals surface area (Å²) < 4.78 is 28.3. The number of carbonyl (C=O) groups excluding carboxylic acids is 2. The van der Waals surface area contributed by atoms with Gasteiger partial charge in [0.15, 0.2) is 0 Å². The van der Waals surface area contributed by atoms with Crippen molar-refractivity contribution in [3.05, 3.63) is 52.6 Å². The van der Waals surface area contributed by atoms with Crippen molar-refractivity contribution in [1.82, 2.24) is 10.0 Å². The normalized spacial score (nSPS) is 19.9. The van der Waals surface area contributed by atoms with E-state index in [0.717, 1.165) is 22.5 Å². The molecule has 1 fully saturated rings. The first-order valence-corrected chi connectivity index (χ1v) is 12.1. The lowest BCUT2D eigenvalue weighted by Crippen LogP contribution is -2.44. The topological polar surface area (TPSA) is 108 Å². The second-order valence-electron chi connectivity index (χ2n) is 8.59. The van der Waals surface area contributed by atoms with Crippen LogP contribution in [0.15, 0.2) is 35.2 Å². The summed E-state index contributed by atoms with van der Waals surface area (Å²) in [5.41, 5.74) is 4.82. The number of hydrogen-bond acceptors (Lipinski definition) is 5. The second kappa shape index (κ2) is 8.22. The van der Waals surface area contributed by atoms with Gasteiger partial charge in [-0.2, -0.15) is 0 Å². The Kier molecular flexibility index (Phi) is 5.72. The SMILES string of the molecule is Cc1cc(C)c(C)c(S(=O)(=O)NCC(=O)NC2CC3C(=O)Nc4ccccc4N3C2)c1C. The Bertz CT molecular complexity index is 1180. The van der Waals surface area contributed by atoms with Gasteiger partial charge in [-0.05, 0) is 68.5 Å². The third-order valence-electron chi connectivity index (χ3n) is 6.43. The number of carbonyl (C=O) groups is 2. The molecule has 4 rings (SSSR count). The van der Waals surface area contributed by atoms with E-state index in [9.17, 15) is 18.0 Å². The van der Waals surface area contributed by atoms with Gasteiger partial charge in [0.05, 0.1) is 22.8 Å². The van der Waals surface area contributed by atoms with E-state index in [1.807, 2.05) is 49.1 Å². The molecule has 2 aliphatic heterocycles. The lowest BCUT2D eigenvalue weighted by molar-refractivity contribution is -0.121. The Hall–Kier alpha value is -2.91. The number of fused-ring (bicyclic) bond motifs is 3. The summed E-state index contributed by atoms with van der Waals surface area (Å²) in [6.45, 7) is 7.41. The number of nitrogens with one attached hydrogen (secondary N) is 3. The summed E-state index contributed by atoms with van der Waals surface area (Å²) in [5.74, 6) is -0.520. The van der Waals surface area contributed by atoms with Gasteiger partial charge in [-0.1, -0.05) is 18.2 Å². The van der Waals surface area contributed by atoms with E-state index in [-0.39, 0.29) is 29.4 Å². The zero-order chi connectivity index (χ0) is 23.2. The number of para-hydroxylation sites is 2. The zero-order valence-corrected chi connectivity index (χ0v) is 19.5. The molecule has 0 bridgehead atoms. The highest BCUT2D eigenvalue weighted by atomic mass is 32.2. The van der Waals surface area contributed by atoms with E-state index in [1.54, 1.807) is 13.8 Å². The first kappa shape index (κ1) is 22.3. The molecule has 0 saturated carbocycles. The molecule has 8 nitrogen and oxygen atoms in total. The average Bonchev–Trinajstić information content (AvgIpc) is 3.16. The van der Waals surface area contributed by atoms with Crippen molar-refractivity contribution in [2.45, 2.75) is 51.1 Å². The molecule has 2 atom stereocenters. The molecule has 170 valence electrons. The number of rotatable bonds is 5. The molecule has 2 unspecified atom stereocenters. The van der Waals surface area contributed by atoms with Crippen LogP contribution >= 0.6 is 0 Å². The molecule has 0 aromatic heterocycles. The number of amides is 2. The summed E-state index contributed by atoms with van der Waals surface area (Å²) in [6.07, 6.45) is 0.466. The van der Waals surface area contributed by atoms with Gasteiger partial charge in [0.1, 0.15) is 6.04 Å². The second-order valence-corrected chi connectivity index (χ2v) is 10.3. The van der Waals surface area contributed by atoms with E-state index < -0.39 is 15.9 Å². The fourth-order valence-electron chi connectivity index (χ4n) is 4.60. The predicted octanol–water partition coefficient (Wildman–Crippen LogP) is 1.91. The van der Waals surface area contributed by atoms with Crippen LogP contribution in [0.1, 0.15) is 28.7 Å². The van der Waals surface area contributed by atoms with E-state index >= 15 is 0 Å². The van der Waals surface area contributed by atoms with E-state index in [2.05, 4.69) is 15.4 Å². The number of sulfonamides is 1. The van der Waals surface area contributed by atoms with Gasteiger partial charge in [0.25, 0.3) is 0 Å². The molecule has 3 N–H and O–H groups in total. The molecule has 0 radical (unpaired) electrons. The van der Waals surface area contributed by atoms with Crippen LogP contribution in [-0.2, 0) is 19.6 Å². The Morgan fingerprint density at radius 1 is 1.12 bits per heavy atom. The molecular formula is C23H28N4O4S. The van der Waals surface area contributed by atoms with Crippen molar-refractivity contribution in [2.75, 3.05) is 23.3 Å². The van der Waals surface area contributed by atoms with Crippen LogP contribution in [0.2, 0.25) is 0 Å². The highest BCUT2D eigenvalue weighted by Gasteiger charge is 2.41. The molecule has 0 aliphatic carbocycles. The molecule has 2 aromatic rings. The first-order valence-electron chi connectivity index (χ1n) is 10.6. The Labute approximate surface area is 188 Å². The highest BCUT2D eigenvalue weighted by Crippen LogP contribution is 2.36. The minimum absolute atomic E-state index is 0.0954. The smallest absolute Gasteiger partial charge is 0.247 e. The lowest BCUT2D eigenvalue weighted by atomic mass is 10.0. The van der Waals surface area contributed by atoms with Crippen LogP contribution in [0.25, 0.3) is 0 Å². The lowest BCUT2D eigenvalue weighted by Gasteiger charge is -2.32. The van der Waals surface area contributed by atoms with Crippen LogP contribution in [-0.4, -0.2) is 45.4 Å². The summed E-state index contributed by atoms with van der Waals surface area (Å²) >= 11 is 0. The quantitative estimate of drug-likeness (QED) is 0.637. The van der Waals surface area contributed by atoms with Crippen molar-refractivity contribution in [3.8, 4) is 0 Å². The molecule has 32 heavy (non-hydrogen) atoms. The molecule has 0 spiro atoms. The van der Waals surface area contributed by atoms with Gasteiger partial charge in [-0.15, -0.1) is 0 Å². The third kappa shape index (κ3) is 3.98. The molecule has 2 heterocycles. The summed E-state index contributed by atoms with van der Waals surface area (Å²) in [5, 5.41) is 5.78. The summed E-state index contributed by atoms with van der Waals surface area (Å²) in [4.78, 5) is 27.2. The Morgan fingerprint density at radius 2 is 1.78 bits per heavy atom. The number of anilines is 2. The van der Waals surface area contributed by atoms with E-state index in [4.69, 9.17) is 0 Å². The molecule has 9 heteroatoms. The van der Waals surface area contributed by atoms with Gasteiger partial charge in [0.2, 0.25) is 21.8 Å². The van der Waals surface area contributed by atoms with Crippen LogP contribution < -0.4 is 20.3 Å². The van der Waals surface area contributed by atoms with Gasteiger partial charge < -0.3 is 15.5 Å². The van der Waals surface area contributed by atoms with Crippen molar-refractivity contribution in [1.29, 1.82) is 0 Å². The maximum Gasteiger partial charge on any atom is 0.247 e. The predicted molar refractivity (Wildman–Crippen MR) is 123 cm³/mol. The fourth-order valence-corrected chi connectivity index (χ4v) is 6.19. The fraction of sp³-hybridized carbons (Fsp3) is 0.391. The van der Waals surface area contributed by atoms with Crippen molar-refractivity contribution in [3.63, 3.8) is 0 Å². The largest absolute Gasteiger partial charge is 0.356 e. The van der Waals surface area contributed by atoms with Crippen molar-refractivity contribution in [2.24, 2.45) is 0 Å². The number of aryl methyl sites for hydroxylation is 2. The monoisotopic (exact) mass is 456 g/mol. The summed E-state index contributed by atoms with van der Waals surface area (Å²) in [6, 6.07) is 8.91. The van der Waals surface area contributed by atoms with Crippen molar-refractivity contribution < 1.29 is 18.0 Å². The molecule has 1 saturated heterocycles. The maximum absolute atomic E-state index is 13.0. The number of nitrogens with zero attached hydrogens (tertiary/aromatic N) is 1. The molecular weight excluding hydrogens is 428 g/mol. The molecule has 2 aliphatic rings. The van der Waals surface area contributed by atoms with Crippen LogP contribution in [0, 0.1) is 27.7 Å². The number of hydrogen-bond donors (Lipinski definition) is 3. The molecule has 2 aromatic carbocycles. The minimum atomic E-state index is -3.85. The van der Waals surface area contributed by atoms with Crippen LogP contribution in [0.4, 0.5) is 11.4 Å². The standard InChI is InChI=1S/C23H28N4O4S/c1-13-9-14(2)16(4)22(15(13)3)32(30,31)24-11-21(28)25-17-10-20-23(29)26-18-7-5-6-8-19(18)27(20)12-17/h5-9,17,20,24H,10-12H2,1-4H3,(H,25,28)(H,26,29). The van der Waals surface area contributed by atoms with E-state index in [1.165, 1.54) is 0 Å². The maximum atomic E-state index is 13.0. The van der Waals surface area contributed by atoms with Gasteiger partial charge in [-0.25, -0.2) is 13.1 Å². The minimum Gasteiger partial charge on any atom is -0.356 e. The van der Waals surface area contributed by atoms with E-state index in [0.29, 0.717) is 24.1 Å². The third-order valence-corrected chi connectivity index (χ3v) is 8.10. The highest BCUT2D eigenvalue weighted by molar-refractivity contribution is 7.89. The van der Waals surface area contributed by atoms with Crippen LogP contribution in [0.5, 0.6) is 0 Å². The summed E-state index contributed by atoms with van der Waals surface area (Å²) in [7, 11) is -3.85. The Morgan fingerprint density at radius 3 is 2.47 bits per heavy atom.